The van der Waals surface area contributed by atoms with Gasteiger partial charge in [0.05, 0.1) is 0 Å². The van der Waals surface area contributed by atoms with Gasteiger partial charge in [-0.1, -0.05) is 52.4 Å². The Kier molecular flexibility index (Phi) is 8.72. The minimum Gasteiger partial charge on any atom is -0.299 e. The summed E-state index contributed by atoms with van der Waals surface area (Å²) in [5.74, 6) is 6.11. The van der Waals surface area contributed by atoms with E-state index in [2.05, 4.69) is 13.8 Å². The van der Waals surface area contributed by atoms with Crippen molar-refractivity contribution in [3.8, 4) is 0 Å². The monoisotopic (exact) mass is 374 g/mol. The van der Waals surface area contributed by atoms with Gasteiger partial charge in [0, 0.05) is 12.3 Å². The highest BCUT2D eigenvalue weighted by Gasteiger charge is 2.39. The summed E-state index contributed by atoms with van der Waals surface area (Å²) in [7, 11) is 0. The molecule has 156 valence electrons. The average molecular weight is 375 g/mol. The van der Waals surface area contributed by atoms with Gasteiger partial charge in [-0.3, -0.25) is 4.79 Å². The van der Waals surface area contributed by atoms with E-state index in [9.17, 15) is 4.79 Å². The van der Waals surface area contributed by atoms with Gasteiger partial charge < -0.3 is 0 Å². The summed E-state index contributed by atoms with van der Waals surface area (Å²) >= 11 is 0. The van der Waals surface area contributed by atoms with Crippen molar-refractivity contribution in [3.63, 3.8) is 0 Å². The molecular weight excluding hydrogens is 328 g/mol. The fraction of sp³-hybridized carbons (Fsp3) is 0.962. The maximum absolute atomic E-state index is 12.4. The second-order valence-corrected chi connectivity index (χ2v) is 10.4. The smallest absolute Gasteiger partial charge is 0.135 e. The molecule has 1 heteroatoms. The van der Waals surface area contributed by atoms with Gasteiger partial charge in [-0.05, 0) is 93.8 Å². The van der Waals surface area contributed by atoms with Gasteiger partial charge in [-0.25, -0.2) is 0 Å². The second-order valence-electron chi connectivity index (χ2n) is 10.4. The first kappa shape index (κ1) is 21.4. The van der Waals surface area contributed by atoms with Crippen molar-refractivity contribution in [1.82, 2.24) is 0 Å². The molecule has 0 bridgehead atoms. The fourth-order valence-electron chi connectivity index (χ4n) is 6.86. The minimum atomic E-state index is 0.419. The Balaban J connectivity index is 1.39. The summed E-state index contributed by atoms with van der Waals surface area (Å²) in [6.07, 6.45) is 23.2. The molecule has 0 amide bonds. The van der Waals surface area contributed by atoms with Crippen LogP contribution in [-0.4, -0.2) is 5.78 Å². The van der Waals surface area contributed by atoms with E-state index < -0.39 is 0 Å². The van der Waals surface area contributed by atoms with Crippen LogP contribution < -0.4 is 0 Å². The van der Waals surface area contributed by atoms with E-state index in [1.54, 1.807) is 6.42 Å². The molecule has 0 aromatic rings. The molecule has 3 aliphatic carbocycles. The van der Waals surface area contributed by atoms with Crippen LogP contribution in [-0.2, 0) is 4.79 Å². The summed E-state index contributed by atoms with van der Waals surface area (Å²) in [5, 5.41) is 0. The number of rotatable bonds is 9. The van der Waals surface area contributed by atoms with E-state index in [0.29, 0.717) is 11.7 Å². The summed E-state index contributed by atoms with van der Waals surface area (Å²) in [5.41, 5.74) is 0. The van der Waals surface area contributed by atoms with Gasteiger partial charge >= 0.3 is 0 Å². The van der Waals surface area contributed by atoms with Crippen LogP contribution in [0.5, 0.6) is 0 Å². The van der Waals surface area contributed by atoms with E-state index in [-0.39, 0.29) is 0 Å². The predicted octanol–water partition coefficient (Wildman–Crippen LogP) is 7.97. The van der Waals surface area contributed by atoms with Crippen molar-refractivity contribution in [2.75, 3.05) is 0 Å². The van der Waals surface area contributed by atoms with Gasteiger partial charge in [0.15, 0.2) is 0 Å². The molecule has 3 saturated carbocycles. The molecule has 1 nitrogen and oxygen atoms in total. The number of hydrogen-bond acceptors (Lipinski definition) is 1. The second kappa shape index (κ2) is 11.0. The van der Waals surface area contributed by atoms with E-state index in [1.165, 1.54) is 83.5 Å². The van der Waals surface area contributed by atoms with Crippen LogP contribution in [0.2, 0.25) is 0 Å². The number of carbonyl (C=O) groups excluding carboxylic acids is 1. The van der Waals surface area contributed by atoms with Gasteiger partial charge in [-0.2, -0.15) is 0 Å². The van der Waals surface area contributed by atoms with Gasteiger partial charge in [-0.15, -0.1) is 0 Å². The molecule has 0 aromatic carbocycles. The topological polar surface area (TPSA) is 17.1 Å². The minimum absolute atomic E-state index is 0.419. The number of hydrogen-bond donors (Lipinski definition) is 0. The lowest BCUT2D eigenvalue weighted by atomic mass is 9.60. The molecule has 0 unspecified atom stereocenters. The molecule has 3 fully saturated rings. The summed E-state index contributed by atoms with van der Waals surface area (Å²) < 4.78 is 0. The Bertz CT molecular complexity index is 433. The van der Waals surface area contributed by atoms with E-state index in [4.69, 9.17) is 0 Å². The average Bonchev–Trinajstić information content (AvgIpc) is 2.72. The van der Waals surface area contributed by atoms with Crippen molar-refractivity contribution >= 4 is 5.78 Å². The lowest BCUT2D eigenvalue weighted by molar-refractivity contribution is -0.124. The van der Waals surface area contributed by atoms with Crippen molar-refractivity contribution in [2.24, 2.45) is 35.5 Å². The third-order valence-electron chi connectivity index (χ3n) is 8.65. The van der Waals surface area contributed by atoms with Gasteiger partial charge in [0.2, 0.25) is 0 Å². The third kappa shape index (κ3) is 6.07. The van der Waals surface area contributed by atoms with E-state index >= 15 is 0 Å². The fourth-order valence-corrected chi connectivity index (χ4v) is 6.86. The molecule has 27 heavy (non-hydrogen) atoms. The molecule has 3 rings (SSSR count). The number of fused-ring (bicyclic) bond motifs is 1. The Morgan fingerprint density at radius 3 is 1.96 bits per heavy atom. The first-order valence-corrected chi connectivity index (χ1v) is 12.7. The summed E-state index contributed by atoms with van der Waals surface area (Å²) in [6.45, 7) is 4.52. The van der Waals surface area contributed by atoms with Crippen molar-refractivity contribution < 1.29 is 4.79 Å². The van der Waals surface area contributed by atoms with Crippen molar-refractivity contribution in [1.29, 1.82) is 0 Å². The van der Waals surface area contributed by atoms with Crippen LogP contribution in [0, 0.1) is 35.5 Å². The van der Waals surface area contributed by atoms with Gasteiger partial charge in [0.1, 0.15) is 5.78 Å². The van der Waals surface area contributed by atoms with Crippen LogP contribution >= 0.6 is 0 Å². The molecule has 3 aliphatic rings. The summed E-state index contributed by atoms with van der Waals surface area (Å²) in [4.78, 5) is 12.4. The highest BCUT2D eigenvalue weighted by molar-refractivity contribution is 5.81. The summed E-state index contributed by atoms with van der Waals surface area (Å²) in [6, 6.07) is 0. The van der Waals surface area contributed by atoms with Crippen LogP contribution in [0.1, 0.15) is 123 Å². The molecule has 4 atom stereocenters. The van der Waals surface area contributed by atoms with Crippen LogP contribution in [0.15, 0.2) is 0 Å². The SMILES string of the molecule is CCCCC[C@H]1CC[C@@H]2C[C@H](C3CCC(C(=O)CCCC)CC3)CC[C@H]2C1. The number of Topliss-reactive ketones (excluding diaryl/α,β-unsaturated/α-hetero) is 1. The zero-order valence-corrected chi connectivity index (χ0v) is 18.4. The zero-order valence-electron chi connectivity index (χ0n) is 18.4. The Labute approximate surface area is 169 Å². The lowest BCUT2D eigenvalue weighted by Gasteiger charge is -2.45. The first-order valence-electron chi connectivity index (χ1n) is 12.7. The molecule has 0 saturated heterocycles. The standard InChI is InChI=1S/C26H46O/c1-3-5-7-8-20-10-11-25-19-24(17-16-23(25)18-20)21-12-14-22(15-13-21)26(27)9-6-4-2/h20-25H,3-19H2,1-2H3/t20-,21?,22?,23-,24+,25+/m0/s1. The maximum Gasteiger partial charge on any atom is 0.135 e. The van der Waals surface area contributed by atoms with E-state index in [0.717, 1.165) is 48.9 Å². The molecule has 0 aliphatic heterocycles. The normalized spacial score (nSPS) is 37.0. The van der Waals surface area contributed by atoms with Gasteiger partial charge in [0.25, 0.3) is 0 Å². The first-order chi connectivity index (χ1) is 13.2. The largest absolute Gasteiger partial charge is 0.299 e. The Morgan fingerprint density at radius 1 is 0.667 bits per heavy atom. The van der Waals surface area contributed by atoms with Crippen molar-refractivity contribution in [2.45, 2.75) is 123 Å². The third-order valence-corrected chi connectivity index (χ3v) is 8.65. The number of ketones is 1. The molecule has 0 aromatic heterocycles. The number of carbonyl (C=O) groups is 1. The Morgan fingerprint density at radius 2 is 1.26 bits per heavy atom. The highest BCUT2D eigenvalue weighted by atomic mass is 16.1. The van der Waals surface area contributed by atoms with Crippen LogP contribution in [0.4, 0.5) is 0 Å². The maximum atomic E-state index is 12.4. The Hall–Kier alpha value is -0.330. The lowest BCUT2D eigenvalue weighted by Crippen LogP contribution is -2.35. The van der Waals surface area contributed by atoms with Crippen molar-refractivity contribution in [3.05, 3.63) is 0 Å². The van der Waals surface area contributed by atoms with Crippen LogP contribution in [0.3, 0.4) is 0 Å². The molecule has 0 heterocycles. The number of unbranched alkanes of at least 4 members (excludes halogenated alkanes) is 3. The van der Waals surface area contributed by atoms with Crippen LogP contribution in [0.25, 0.3) is 0 Å². The quantitative estimate of drug-likeness (QED) is 0.374. The zero-order chi connectivity index (χ0) is 19.1. The molecule has 0 N–H and O–H groups in total. The molecule has 0 radical (unpaired) electrons. The highest BCUT2D eigenvalue weighted by Crippen LogP contribution is 2.49. The predicted molar refractivity (Wildman–Crippen MR) is 116 cm³/mol. The van der Waals surface area contributed by atoms with E-state index in [1.807, 2.05) is 0 Å². The molecule has 0 spiro atoms. The molecular formula is C26H46O.